The highest BCUT2D eigenvalue weighted by Gasteiger charge is 2.06. The monoisotopic (exact) mass is 234 g/mol. The molecule has 1 aromatic carbocycles. The minimum Gasteiger partial charge on any atom is -0.365 e. The zero-order chi connectivity index (χ0) is 11.4. The first-order valence-corrected chi connectivity index (χ1v) is 5.30. The van der Waals surface area contributed by atoms with E-state index in [9.17, 15) is 4.79 Å². The molecule has 0 aliphatic heterocycles. The van der Waals surface area contributed by atoms with Crippen LogP contribution in [0, 0.1) is 0 Å². The Hall–Kier alpha value is -1.74. The molecule has 3 nitrogen and oxygen atoms in total. The van der Waals surface area contributed by atoms with Crippen molar-refractivity contribution in [1.82, 2.24) is 4.98 Å². The van der Waals surface area contributed by atoms with E-state index >= 15 is 0 Å². The average Bonchev–Trinajstić information content (AvgIpc) is 2.74. The Balaban J connectivity index is 2.00. The van der Waals surface area contributed by atoms with Gasteiger partial charge in [-0.1, -0.05) is 23.7 Å². The van der Waals surface area contributed by atoms with Crippen LogP contribution in [0.4, 0.5) is 5.69 Å². The number of halogens is 1. The summed E-state index contributed by atoms with van der Waals surface area (Å²) in [5.41, 5.74) is 1.52. The zero-order valence-electron chi connectivity index (χ0n) is 8.53. The van der Waals surface area contributed by atoms with Gasteiger partial charge in [0.15, 0.2) is 0 Å². The van der Waals surface area contributed by atoms with Crippen molar-refractivity contribution in [2.75, 3.05) is 5.32 Å². The summed E-state index contributed by atoms with van der Waals surface area (Å²) >= 11 is 5.93. The molecule has 0 atom stereocenters. The van der Waals surface area contributed by atoms with E-state index in [1.54, 1.807) is 18.3 Å². The Morgan fingerprint density at radius 2 is 2.06 bits per heavy atom. The molecule has 0 radical (unpaired) electrons. The Bertz CT molecular complexity index is 480. The Kier molecular flexibility index (Phi) is 3.27. The second kappa shape index (κ2) is 4.86. The van der Waals surface area contributed by atoms with Crippen molar-refractivity contribution < 1.29 is 4.79 Å². The molecule has 0 aliphatic rings. The van der Waals surface area contributed by atoms with Crippen LogP contribution in [-0.4, -0.2) is 10.9 Å². The number of aromatic amines is 1. The summed E-state index contributed by atoms with van der Waals surface area (Å²) in [6.45, 7) is 0. The Labute approximate surface area is 98.4 Å². The summed E-state index contributed by atoms with van der Waals surface area (Å²) in [4.78, 5) is 14.6. The lowest BCUT2D eigenvalue weighted by Crippen LogP contribution is -2.14. The molecule has 1 amide bonds. The fourth-order valence-corrected chi connectivity index (χ4v) is 1.59. The number of carbonyl (C=O) groups is 1. The fraction of sp³-hybridized carbons (Fsp3) is 0.0833. The summed E-state index contributed by atoms with van der Waals surface area (Å²) in [5.74, 6) is -0.0875. The molecule has 0 bridgehead atoms. The van der Waals surface area contributed by atoms with Crippen molar-refractivity contribution in [3.05, 3.63) is 53.3 Å². The van der Waals surface area contributed by atoms with E-state index in [-0.39, 0.29) is 5.91 Å². The molecule has 4 heteroatoms. The van der Waals surface area contributed by atoms with Gasteiger partial charge in [-0.3, -0.25) is 4.79 Å². The van der Waals surface area contributed by atoms with Crippen molar-refractivity contribution in [3.63, 3.8) is 0 Å². The maximum absolute atomic E-state index is 11.6. The number of carbonyl (C=O) groups excluding carboxylic acids is 1. The normalized spacial score (nSPS) is 10.1. The third-order valence-corrected chi connectivity index (χ3v) is 2.49. The maximum atomic E-state index is 11.6. The number of nitrogens with one attached hydrogen (secondary N) is 2. The van der Waals surface area contributed by atoms with Gasteiger partial charge in [0, 0.05) is 11.9 Å². The zero-order valence-corrected chi connectivity index (χ0v) is 9.29. The molecule has 0 fully saturated rings. The predicted octanol–water partition coefficient (Wildman–Crippen LogP) is 2.85. The highest BCUT2D eigenvalue weighted by Crippen LogP contribution is 2.20. The van der Waals surface area contributed by atoms with E-state index in [1.165, 1.54) is 0 Å². The third kappa shape index (κ3) is 2.64. The van der Waals surface area contributed by atoms with Crippen molar-refractivity contribution in [2.45, 2.75) is 6.42 Å². The molecule has 0 saturated heterocycles. The average molecular weight is 235 g/mol. The lowest BCUT2D eigenvalue weighted by Gasteiger charge is -2.05. The van der Waals surface area contributed by atoms with Crippen LogP contribution in [0.1, 0.15) is 5.69 Å². The maximum Gasteiger partial charge on any atom is 0.230 e. The van der Waals surface area contributed by atoms with Gasteiger partial charge in [0.25, 0.3) is 0 Å². The number of amides is 1. The van der Waals surface area contributed by atoms with E-state index in [4.69, 9.17) is 11.6 Å². The number of aromatic nitrogens is 1. The summed E-state index contributed by atoms with van der Waals surface area (Å²) in [6, 6.07) is 10.9. The van der Waals surface area contributed by atoms with Crippen molar-refractivity contribution in [3.8, 4) is 0 Å². The SMILES string of the molecule is O=C(Cc1ccc[nH]1)Nc1ccccc1Cl. The second-order valence-electron chi connectivity index (χ2n) is 3.40. The molecule has 1 aromatic heterocycles. The summed E-state index contributed by atoms with van der Waals surface area (Å²) in [6.07, 6.45) is 2.11. The molecule has 0 unspecified atom stereocenters. The standard InChI is InChI=1S/C12H11ClN2O/c13-10-5-1-2-6-11(10)15-12(16)8-9-4-3-7-14-9/h1-7,14H,8H2,(H,15,16). The summed E-state index contributed by atoms with van der Waals surface area (Å²) < 4.78 is 0. The number of benzene rings is 1. The first-order chi connectivity index (χ1) is 7.75. The van der Waals surface area contributed by atoms with E-state index in [2.05, 4.69) is 10.3 Å². The van der Waals surface area contributed by atoms with Crippen LogP contribution in [0.15, 0.2) is 42.6 Å². The van der Waals surface area contributed by atoms with Gasteiger partial charge in [-0.2, -0.15) is 0 Å². The van der Waals surface area contributed by atoms with Gasteiger partial charge in [-0.15, -0.1) is 0 Å². The molecule has 2 rings (SSSR count). The third-order valence-electron chi connectivity index (χ3n) is 2.16. The van der Waals surface area contributed by atoms with Gasteiger partial charge in [0.05, 0.1) is 17.1 Å². The van der Waals surface area contributed by atoms with E-state index in [0.717, 1.165) is 5.69 Å². The van der Waals surface area contributed by atoms with E-state index in [1.807, 2.05) is 24.3 Å². The highest BCUT2D eigenvalue weighted by molar-refractivity contribution is 6.33. The molecular weight excluding hydrogens is 224 g/mol. The van der Waals surface area contributed by atoms with Gasteiger partial charge in [-0.05, 0) is 24.3 Å². The number of hydrogen-bond acceptors (Lipinski definition) is 1. The van der Waals surface area contributed by atoms with Crippen molar-refractivity contribution in [1.29, 1.82) is 0 Å². The molecule has 0 aliphatic carbocycles. The van der Waals surface area contributed by atoms with Crippen LogP contribution >= 0.6 is 11.6 Å². The Morgan fingerprint density at radius 1 is 1.25 bits per heavy atom. The Morgan fingerprint density at radius 3 is 2.75 bits per heavy atom. The van der Waals surface area contributed by atoms with Gasteiger partial charge in [0.1, 0.15) is 0 Å². The number of H-pyrrole nitrogens is 1. The van der Waals surface area contributed by atoms with Gasteiger partial charge in [0.2, 0.25) is 5.91 Å². The van der Waals surface area contributed by atoms with Crippen LogP contribution in [0.5, 0.6) is 0 Å². The van der Waals surface area contributed by atoms with Gasteiger partial charge in [-0.25, -0.2) is 0 Å². The first kappa shape index (κ1) is 10.8. The largest absolute Gasteiger partial charge is 0.365 e. The number of anilines is 1. The number of rotatable bonds is 3. The predicted molar refractivity (Wildman–Crippen MR) is 64.6 cm³/mol. The quantitative estimate of drug-likeness (QED) is 0.843. The lowest BCUT2D eigenvalue weighted by molar-refractivity contribution is -0.115. The molecule has 1 heterocycles. The topological polar surface area (TPSA) is 44.9 Å². The van der Waals surface area contributed by atoms with E-state index in [0.29, 0.717) is 17.1 Å². The van der Waals surface area contributed by atoms with Crippen LogP contribution < -0.4 is 5.32 Å². The summed E-state index contributed by atoms with van der Waals surface area (Å²) in [5, 5.41) is 3.30. The van der Waals surface area contributed by atoms with Gasteiger partial charge < -0.3 is 10.3 Å². The van der Waals surface area contributed by atoms with Crippen LogP contribution in [0.25, 0.3) is 0 Å². The molecular formula is C12H11ClN2O. The fourth-order valence-electron chi connectivity index (χ4n) is 1.41. The van der Waals surface area contributed by atoms with E-state index < -0.39 is 0 Å². The highest BCUT2D eigenvalue weighted by atomic mass is 35.5. The summed E-state index contributed by atoms with van der Waals surface area (Å²) in [7, 11) is 0. The van der Waals surface area contributed by atoms with Crippen LogP contribution in [0.3, 0.4) is 0 Å². The molecule has 16 heavy (non-hydrogen) atoms. The van der Waals surface area contributed by atoms with Crippen LogP contribution in [0.2, 0.25) is 5.02 Å². The first-order valence-electron chi connectivity index (χ1n) is 4.92. The van der Waals surface area contributed by atoms with Gasteiger partial charge >= 0.3 is 0 Å². The molecule has 82 valence electrons. The van der Waals surface area contributed by atoms with Crippen molar-refractivity contribution in [2.24, 2.45) is 0 Å². The smallest absolute Gasteiger partial charge is 0.230 e. The molecule has 2 N–H and O–H groups in total. The molecule has 2 aromatic rings. The van der Waals surface area contributed by atoms with Crippen LogP contribution in [-0.2, 0) is 11.2 Å². The second-order valence-corrected chi connectivity index (χ2v) is 3.81. The molecule has 0 saturated carbocycles. The minimum atomic E-state index is -0.0875. The lowest BCUT2D eigenvalue weighted by atomic mass is 10.2. The number of para-hydroxylation sites is 1. The molecule has 0 spiro atoms. The number of hydrogen-bond donors (Lipinski definition) is 2. The van der Waals surface area contributed by atoms with Crippen molar-refractivity contribution >= 4 is 23.2 Å². The minimum absolute atomic E-state index is 0.0875.